The van der Waals surface area contributed by atoms with Gasteiger partial charge in [-0.1, -0.05) is 19.1 Å². The maximum Gasteiger partial charge on any atom is 0.341 e. The molecule has 0 atom stereocenters. The second-order valence-electron chi connectivity index (χ2n) is 5.66. The van der Waals surface area contributed by atoms with Crippen molar-refractivity contribution in [2.45, 2.75) is 13.3 Å². The summed E-state index contributed by atoms with van der Waals surface area (Å²) in [5, 5.41) is 8.59. The largest absolute Gasteiger partial charge is 0.493 e. The van der Waals surface area contributed by atoms with Crippen molar-refractivity contribution in [1.29, 1.82) is 0 Å². The molecule has 6 heteroatoms. The fourth-order valence-corrected chi connectivity index (χ4v) is 2.25. The number of carboxylic acid groups (broad SMARTS) is 1. The van der Waals surface area contributed by atoms with Gasteiger partial charge in [-0.05, 0) is 54.5 Å². The summed E-state index contributed by atoms with van der Waals surface area (Å²) in [5.74, 6) is 0.440. The first kappa shape index (κ1) is 20.0. The average Bonchev–Trinajstić information content (AvgIpc) is 2.69. The van der Waals surface area contributed by atoms with Crippen LogP contribution in [0.3, 0.4) is 0 Å². The molecule has 0 aliphatic heterocycles. The molecule has 2 aromatic carbocycles. The molecule has 0 fully saturated rings. The fourth-order valence-electron chi connectivity index (χ4n) is 2.25. The maximum atomic E-state index is 12.3. The molecular weight excluding hydrogens is 348 g/mol. The minimum absolute atomic E-state index is 0.174. The van der Waals surface area contributed by atoms with Crippen molar-refractivity contribution in [3.05, 3.63) is 59.7 Å². The quantitative estimate of drug-likeness (QED) is 0.505. The van der Waals surface area contributed by atoms with Crippen LogP contribution < -0.4 is 14.2 Å². The first-order valence-electron chi connectivity index (χ1n) is 8.51. The smallest absolute Gasteiger partial charge is 0.341 e. The van der Waals surface area contributed by atoms with E-state index in [0.717, 1.165) is 12.0 Å². The van der Waals surface area contributed by atoms with Gasteiger partial charge in [-0.3, -0.25) is 4.79 Å². The molecule has 6 nitrogen and oxygen atoms in total. The standard InChI is InChI=1S/C21H22O6/c1-3-12-26-20-13-15(5-11-19(20)25-2)4-10-18(22)16-6-8-17(9-7-16)27-14-21(23)24/h4-11,13H,3,12,14H2,1-2H3,(H,23,24)/b10-4+. The third-order valence-corrected chi connectivity index (χ3v) is 3.58. The molecular formula is C21H22O6. The van der Waals surface area contributed by atoms with Crippen LogP contribution in [0.5, 0.6) is 17.2 Å². The number of rotatable bonds is 10. The molecule has 0 radical (unpaired) electrons. The summed E-state index contributed by atoms with van der Waals surface area (Å²) in [7, 11) is 1.58. The minimum Gasteiger partial charge on any atom is -0.493 e. The van der Waals surface area contributed by atoms with Crippen molar-refractivity contribution < 1.29 is 28.9 Å². The van der Waals surface area contributed by atoms with Crippen LogP contribution in [0.4, 0.5) is 0 Å². The van der Waals surface area contributed by atoms with Crippen molar-refractivity contribution in [3.8, 4) is 17.2 Å². The lowest BCUT2D eigenvalue weighted by Crippen LogP contribution is -2.09. The summed E-state index contributed by atoms with van der Waals surface area (Å²) >= 11 is 0. The number of carbonyl (C=O) groups excluding carboxylic acids is 1. The van der Waals surface area contributed by atoms with E-state index in [1.165, 1.54) is 6.08 Å². The SMILES string of the molecule is CCCOc1cc(/C=C/C(=O)c2ccc(OCC(=O)O)cc2)ccc1OC. The molecule has 0 saturated heterocycles. The van der Waals surface area contributed by atoms with Crippen molar-refractivity contribution in [1.82, 2.24) is 0 Å². The topological polar surface area (TPSA) is 82.1 Å². The third-order valence-electron chi connectivity index (χ3n) is 3.58. The molecule has 0 heterocycles. The normalized spacial score (nSPS) is 10.6. The molecule has 0 spiro atoms. The van der Waals surface area contributed by atoms with Crippen LogP contribution in [0.25, 0.3) is 6.08 Å². The number of allylic oxidation sites excluding steroid dienone is 1. The Hall–Kier alpha value is -3.28. The molecule has 2 rings (SSSR count). The zero-order valence-electron chi connectivity index (χ0n) is 15.3. The van der Waals surface area contributed by atoms with E-state index in [4.69, 9.17) is 19.3 Å². The number of ketones is 1. The maximum absolute atomic E-state index is 12.3. The molecule has 2 aromatic rings. The Morgan fingerprint density at radius 2 is 1.78 bits per heavy atom. The summed E-state index contributed by atoms with van der Waals surface area (Å²) in [4.78, 5) is 22.8. The van der Waals surface area contributed by atoms with Gasteiger partial charge in [0.2, 0.25) is 0 Å². The third kappa shape index (κ3) is 6.18. The summed E-state index contributed by atoms with van der Waals surface area (Å²) < 4.78 is 16.0. The van der Waals surface area contributed by atoms with Gasteiger partial charge in [0.05, 0.1) is 13.7 Å². The van der Waals surface area contributed by atoms with Gasteiger partial charge in [0.1, 0.15) is 5.75 Å². The zero-order valence-corrected chi connectivity index (χ0v) is 15.3. The lowest BCUT2D eigenvalue weighted by molar-refractivity contribution is -0.139. The number of carboxylic acids is 1. The first-order valence-corrected chi connectivity index (χ1v) is 8.51. The zero-order chi connectivity index (χ0) is 19.6. The average molecular weight is 370 g/mol. The highest BCUT2D eigenvalue weighted by Crippen LogP contribution is 2.28. The fraction of sp³-hybridized carbons (Fsp3) is 0.238. The van der Waals surface area contributed by atoms with Crippen molar-refractivity contribution in [3.63, 3.8) is 0 Å². The highest BCUT2D eigenvalue weighted by atomic mass is 16.5. The molecule has 142 valence electrons. The van der Waals surface area contributed by atoms with E-state index in [-0.39, 0.29) is 5.78 Å². The Morgan fingerprint density at radius 3 is 2.41 bits per heavy atom. The minimum atomic E-state index is -1.06. The highest BCUT2D eigenvalue weighted by molar-refractivity contribution is 6.06. The Kier molecular flexibility index (Phi) is 7.43. The molecule has 0 aliphatic rings. The summed E-state index contributed by atoms with van der Waals surface area (Å²) in [6.07, 6.45) is 4.06. The lowest BCUT2D eigenvalue weighted by atomic mass is 10.1. The molecule has 0 aromatic heterocycles. The van der Waals surface area contributed by atoms with E-state index < -0.39 is 12.6 Å². The van der Waals surface area contributed by atoms with Gasteiger partial charge >= 0.3 is 5.97 Å². The summed E-state index contributed by atoms with van der Waals surface area (Å²) in [5.41, 5.74) is 1.29. The number of hydrogen-bond acceptors (Lipinski definition) is 5. The van der Waals surface area contributed by atoms with Gasteiger partial charge in [-0.2, -0.15) is 0 Å². The van der Waals surface area contributed by atoms with Gasteiger partial charge in [0.25, 0.3) is 0 Å². The van der Waals surface area contributed by atoms with E-state index >= 15 is 0 Å². The number of ether oxygens (including phenoxy) is 3. The molecule has 0 amide bonds. The van der Waals surface area contributed by atoms with E-state index in [1.807, 2.05) is 19.1 Å². The molecule has 0 unspecified atom stereocenters. The monoisotopic (exact) mass is 370 g/mol. The van der Waals surface area contributed by atoms with E-state index in [1.54, 1.807) is 43.5 Å². The van der Waals surface area contributed by atoms with Gasteiger partial charge in [0.15, 0.2) is 23.9 Å². The van der Waals surface area contributed by atoms with Gasteiger partial charge < -0.3 is 19.3 Å². The molecule has 0 aliphatic carbocycles. The molecule has 27 heavy (non-hydrogen) atoms. The highest BCUT2D eigenvalue weighted by Gasteiger charge is 2.06. The van der Waals surface area contributed by atoms with Gasteiger partial charge in [0, 0.05) is 5.56 Å². The van der Waals surface area contributed by atoms with Gasteiger partial charge in [-0.15, -0.1) is 0 Å². The Morgan fingerprint density at radius 1 is 1.04 bits per heavy atom. The Bertz CT molecular complexity index is 808. The van der Waals surface area contributed by atoms with E-state index in [9.17, 15) is 9.59 Å². The molecule has 0 bridgehead atoms. The predicted molar refractivity (Wildman–Crippen MR) is 102 cm³/mol. The van der Waals surface area contributed by atoms with E-state index in [2.05, 4.69) is 0 Å². The van der Waals surface area contributed by atoms with Crippen LogP contribution in [-0.4, -0.2) is 37.2 Å². The number of methoxy groups -OCH3 is 1. The Labute approximate surface area is 158 Å². The molecule has 1 N–H and O–H groups in total. The molecule has 0 saturated carbocycles. The van der Waals surface area contributed by atoms with Crippen LogP contribution in [0.1, 0.15) is 29.3 Å². The van der Waals surface area contributed by atoms with Crippen LogP contribution >= 0.6 is 0 Å². The van der Waals surface area contributed by atoms with Crippen LogP contribution in [0.15, 0.2) is 48.5 Å². The summed E-state index contributed by atoms with van der Waals surface area (Å²) in [6.45, 7) is 2.18. The lowest BCUT2D eigenvalue weighted by Gasteiger charge is -2.10. The van der Waals surface area contributed by atoms with Gasteiger partial charge in [-0.25, -0.2) is 4.79 Å². The second kappa shape index (κ2) is 10.0. The van der Waals surface area contributed by atoms with Crippen LogP contribution in [0.2, 0.25) is 0 Å². The van der Waals surface area contributed by atoms with Crippen LogP contribution in [-0.2, 0) is 4.79 Å². The van der Waals surface area contributed by atoms with Crippen molar-refractivity contribution >= 4 is 17.8 Å². The first-order chi connectivity index (χ1) is 13.0. The summed E-state index contributed by atoms with van der Waals surface area (Å²) in [6, 6.07) is 11.8. The van der Waals surface area contributed by atoms with Crippen molar-refractivity contribution in [2.24, 2.45) is 0 Å². The number of benzene rings is 2. The number of aliphatic carboxylic acids is 1. The number of carbonyl (C=O) groups is 2. The predicted octanol–water partition coefficient (Wildman–Crippen LogP) is 3.84. The number of hydrogen-bond donors (Lipinski definition) is 1. The second-order valence-corrected chi connectivity index (χ2v) is 5.66. The van der Waals surface area contributed by atoms with E-state index in [0.29, 0.717) is 29.4 Å². The Balaban J connectivity index is 2.06. The van der Waals surface area contributed by atoms with Crippen molar-refractivity contribution in [2.75, 3.05) is 20.3 Å². The van der Waals surface area contributed by atoms with Crippen LogP contribution in [0, 0.1) is 0 Å².